The molecule has 1 N–H and O–H groups in total. The zero-order chi connectivity index (χ0) is 19.4. The minimum atomic E-state index is -0.650. The van der Waals surface area contributed by atoms with E-state index in [-0.39, 0.29) is 22.7 Å². The van der Waals surface area contributed by atoms with E-state index in [1.807, 2.05) is 13.8 Å². The molecule has 0 aliphatic rings. The molecule has 0 aliphatic carbocycles. The summed E-state index contributed by atoms with van der Waals surface area (Å²) in [6.45, 7) is 5.39. The number of aromatic nitrogens is 1. The van der Waals surface area contributed by atoms with E-state index in [4.69, 9.17) is 9.26 Å². The topological polar surface area (TPSA) is 108 Å². The van der Waals surface area contributed by atoms with E-state index in [1.165, 1.54) is 32.4 Å². The largest absolute Gasteiger partial charge is 0.465 e. The van der Waals surface area contributed by atoms with Gasteiger partial charge in [-0.05, 0) is 25.1 Å². The van der Waals surface area contributed by atoms with Crippen molar-refractivity contribution in [2.24, 2.45) is 0 Å². The van der Waals surface area contributed by atoms with Gasteiger partial charge in [-0.1, -0.05) is 19.0 Å². The predicted octanol–water partition coefficient (Wildman–Crippen LogP) is 2.93. The molecule has 0 fully saturated rings. The summed E-state index contributed by atoms with van der Waals surface area (Å²) in [5, 5.41) is 6.47. The van der Waals surface area contributed by atoms with Crippen molar-refractivity contribution < 1.29 is 28.4 Å². The average molecular weight is 360 g/mol. The maximum atomic E-state index is 12.8. The van der Waals surface area contributed by atoms with Crippen molar-refractivity contribution in [3.63, 3.8) is 0 Å². The van der Waals surface area contributed by atoms with Crippen LogP contribution in [-0.2, 0) is 9.47 Å². The summed E-state index contributed by atoms with van der Waals surface area (Å²) in [5.41, 5.74) is 1.13. The molecule has 0 saturated carbocycles. The number of rotatable bonds is 5. The van der Waals surface area contributed by atoms with Crippen molar-refractivity contribution in [2.45, 2.75) is 26.7 Å². The van der Waals surface area contributed by atoms with Crippen LogP contribution in [0.4, 0.5) is 5.69 Å². The van der Waals surface area contributed by atoms with Crippen molar-refractivity contribution in [1.29, 1.82) is 0 Å². The predicted molar refractivity (Wildman–Crippen MR) is 92.4 cm³/mol. The molecule has 138 valence electrons. The molecular formula is C18H20N2O6. The molecule has 0 unspecified atom stereocenters. The first-order chi connectivity index (χ1) is 12.3. The van der Waals surface area contributed by atoms with Crippen LogP contribution in [0.15, 0.2) is 22.7 Å². The average Bonchev–Trinajstić information content (AvgIpc) is 3.02. The number of esters is 2. The van der Waals surface area contributed by atoms with E-state index >= 15 is 0 Å². The Morgan fingerprint density at radius 1 is 1.12 bits per heavy atom. The summed E-state index contributed by atoms with van der Waals surface area (Å²) in [4.78, 5) is 36.5. The van der Waals surface area contributed by atoms with Crippen LogP contribution < -0.4 is 5.32 Å². The molecule has 0 bridgehead atoms. The molecular weight excluding hydrogens is 340 g/mol. The molecule has 1 amide bonds. The van der Waals surface area contributed by atoms with Crippen LogP contribution >= 0.6 is 0 Å². The van der Waals surface area contributed by atoms with Gasteiger partial charge < -0.3 is 19.3 Å². The smallest absolute Gasteiger partial charge is 0.339 e. The Morgan fingerprint density at radius 3 is 2.35 bits per heavy atom. The number of benzene rings is 1. The number of methoxy groups -OCH3 is 2. The van der Waals surface area contributed by atoms with Crippen molar-refractivity contribution >= 4 is 23.5 Å². The van der Waals surface area contributed by atoms with Gasteiger partial charge in [0.25, 0.3) is 5.91 Å². The molecule has 0 saturated heterocycles. The lowest BCUT2D eigenvalue weighted by atomic mass is 10.0. The summed E-state index contributed by atoms with van der Waals surface area (Å²) in [6, 6.07) is 4.16. The quantitative estimate of drug-likeness (QED) is 0.817. The van der Waals surface area contributed by atoms with E-state index in [1.54, 1.807) is 6.92 Å². The van der Waals surface area contributed by atoms with Gasteiger partial charge in [0.05, 0.1) is 36.7 Å². The molecule has 0 radical (unpaired) electrons. The van der Waals surface area contributed by atoms with Crippen LogP contribution in [0.2, 0.25) is 0 Å². The van der Waals surface area contributed by atoms with Gasteiger partial charge in [-0.2, -0.15) is 0 Å². The Kier molecular flexibility index (Phi) is 5.76. The van der Waals surface area contributed by atoms with Gasteiger partial charge in [0.2, 0.25) is 0 Å². The number of hydrogen-bond acceptors (Lipinski definition) is 7. The SMILES string of the molecule is COC(=O)c1ccc(C(=O)OC)c(NC(=O)c2c(C)noc2C(C)C)c1. The van der Waals surface area contributed by atoms with Crippen LogP contribution in [0, 0.1) is 6.92 Å². The number of carbonyl (C=O) groups excluding carboxylic acids is 3. The fourth-order valence-electron chi connectivity index (χ4n) is 2.42. The lowest BCUT2D eigenvalue weighted by Crippen LogP contribution is -2.18. The molecule has 2 rings (SSSR count). The minimum Gasteiger partial charge on any atom is -0.465 e. The Hall–Kier alpha value is -3.16. The maximum Gasteiger partial charge on any atom is 0.339 e. The second kappa shape index (κ2) is 7.81. The second-order valence-corrected chi connectivity index (χ2v) is 5.86. The fraction of sp³-hybridized carbons (Fsp3) is 0.333. The number of carbonyl (C=O) groups is 3. The summed E-state index contributed by atoms with van der Waals surface area (Å²) in [6.07, 6.45) is 0. The highest BCUT2D eigenvalue weighted by molar-refractivity contribution is 6.10. The third-order valence-electron chi connectivity index (χ3n) is 3.73. The summed E-state index contributed by atoms with van der Waals surface area (Å²) < 4.78 is 14.6. The highest BCUT2D eigenvalue weighted by Gasteiger charge is 2.24. The number of aryl methyl sites for hydroxylation is 1. The van der Waals surface area contributed by atoms with Gasteiger partial charge in [0, 0.05) is 5.92 Å². The number of ether oxygens (including phenoxy) is 2. The zero-order valence-corrected chi connectivity index (χ0v) is 15.2. The van der Waals surface area contributed by atoms with Gasteiger partial charge in [0.15, 0.2) is 5.76 Å². The third-order valence-corrected chi connectivity index (χ3v) is 3.73. The second-order valence-electron chi connectivity index (χ2n) is 5.86. The minimum absolute atomic E-state index is 0.0570. The van der Waals surface area contributed by atoms with Crippen molar-refractivity contribution in [1.82, 2.24) is 5.16 Å². The Labute approximate surface area is 150 Å². The first kappa shape index (κ1) is 19.2. The van der Waals surface area contributed by atoms with Crippen molar-refractivity contribution in [2.75, 3.05) is 19.5 Å². The lowest BCUT2D eigenvalue weighted by molar-refractivity contribution is 0.0587. The molecule has 8 heteroatoms. The number of anilines is 1. The van der Waals surface area contributed by atoms with Crippen LogP contribution in [0.1, 0.15) is 62.3 Å². The first-order valence-corrected chi connectivity index (χ1v) is 7.88. The van der Waals surface area contributed by atoms with Crippen molar-refractivity contribution in [3.05, 3.63) is 46.3 Å². The molecule has 0 aliphatic heterocycles. The van der Waals surface area contributed by atoms with E-state index < -0.39 is 17.8 Å². The molecule has 1 heterocycles. The van der Waals surface area contributed by atoms with Crippen molar-refractivity contribution in [3.8, 4) is 0 Å². The van der Waals surface area contributed by atoms with E-state index in [9.17, 15) is 14.4 Å². The zero-order valence-electron chi connectivity index (χ0n) is 15.2. The number of hydrogen-bond donors (Lipinski definition) is 1. The Bertz CT molecular complexity index is 853. The van der Waals surface area contributed by atoms with Gasteiger partial charge in [-0.25, -0.2) is 9.59 Å². The molecule has 0 atom stereocenters. The van der Waals surface area contributed by atoms with Gasteiger partial charge in [-0.3, -0.25) is 4.79 Å². The van der Waals surface area contributed by atoms with E-state index in [2.05, 4.69) is 15.2 Å². The monoisotopic (exact) mass is 360 g/mol. The molecule has 1 aromatic carbocycles. The molecule has 1 aromatic heterocycles. The molecule has 0 spiro atoms. The van der Waals surface area contributed by atoms with Crippen LogP contribution in [-0.4, -0.2) is 37.2 Å². The molecule has 2 aromatic rings. The number of nitrogens with one attached hydrogen (secondary N) is 1. The van der Waals surface area contributed by atoms with Crippen LogP contribution in [0.25, 0.3) is 0 Å². The van der Waals surface area contributed by atoms with Gasteiger partial charge >= 0.3 is 11.9 Å². The third kappa shape index (κ3) is 3.74. The maximum absolute atomic E-state index is 12.8. The van der Waals surface area contributed by atoms with Crippen LogP contribution in [0.3, 0.4) is 0 Å². The van der Waals surface area contributed by atoms with Gasteiger partial charge in [0.1, 0.15) is 5.56 Å². The lowest BCUT2D eigenvalue weighted by Gasteiger charge is -2.12. The highest BCUT2D eigenvalue weighted by atomic mass is 16.5. The fourth-order valence-corrected chi connectivity index (χ4v) is 2.42. The number of nitrogens with zero attached hydrogens (tertiary/aromatic N) is 1. The summed E-state index contributed by atoms with van der Waals surface area (Å²) >= 11 is 0. The van der Waals surface area contributed by atoms with Gasteiger partial charge in [-0.15, -0.1) is 0 Å². The highest BCUT2D eigenvalue weighted by Crippen LogP contribution is 2.25. The molecule has 26 heavy (non-hydrogen) atoms. The first-order valence-electron chi connectivity index (χ1n) is 7.88. The van der Waals surface area contributed by atoms with Crippen LogP contribution in [0.5, 0.6) is 0 Å². The Balaban J connectivity index is 2.47. The summed E-state index contributed by atoms with van der Waals surface area (Å²) in [5.74, 6) is -1.37. The number of amides is 1. The Morgan fingerprint density at radius 2 is 1.77 bits per heavy atom. The normalized spacial score (nSPS) is 10.5. The van der Waals surface area contributed by atoms with E-state index in [0.29, 0.717) is 17.0 Å². The summed E-state index contributed by atoms with van der Waals surface area (Å²) in [7, 11) is 2.47. The molecule has 8 nitrogen and oxygen atoms in total. The standard InChI is InChI=1S/C18H20N2O6/c1-9(2)15-14(10(3)20-26-15)16(21)19-13-8-11(17(22)24-4)6-7-12(13)18(23)25-5/h6-9H,1-5H3,(H,19,21). The van der Waals surface area contributed by atoms with E-state index in [0.717, 1.165) is 0 Å².